The van der Waals surface area contributed by atoms with Gasteiger partial charge in [-0.25, -0.2) is 0 Å². The molecule has 16 heavy (non-hydrogen) atoms. The highest BCUT2D eigenvalue weighted by molar-refractivity contribution is 5.78. The molecular weight excluding hydrogens is 219 g/mol. The topological polar surface area (TPSA) is 29.1 Å². The van der Waals surface area contributed by atoms with Gasteiger partial charge >= 0.3 is 6.18 Å². The van der Waals surface area contributed by atoms with Crippen molar-refractivity contribution in [3.8, 4) is 0 Å². The standard InChI is InChI=1S/C11H12F3NO/c1-2-15-10(16)7-8-4-3-5-9(6-8)11(12,13)14/h3-6H,2,7H2,1H3,(H,15,16). The molecule has 2 nitrogen and oxygen atoms in total. The fourth-order valence-electron chi connectivity index (χ4n) is 1.30. The van der Waals surface area contributed by atoms with Crippen LogP contribution in [0.1, 0.15) is 18.1 Å². The Kier molecular flexibility index (Phi) is 3.93. The molecule has 0 bridgehead atoms. The minimum Gasteiger partial charge on any atom is -0.356 e. The van der Waals surface area contributed by atoms with Gasteiger partial charge in [0.15, 0.2) is 0 Å². The fourth-order valence-corrected chi connectivity index (χ4v) is 1.30. The van der Waals surface area contributed by atoms with Crippen LogP contribution in [0.4, 0.5) is 13.2 Å². The zero-order valence-electron chi connectivity index (χ0n) is 8.77. The van der Waals surface area contributed by atoms with Crippen molar-refractivity contribution in [2.24, 2.45) is 0 Å². The quantitative estimate of drug-likeness (QED) is 0.850. The molecule has 1 aromatic carbocycles. The molecule has 0 aliphatic rings. The molecule has 0 saturated carbocycles. The second kappa shape index (κ2) is 5.01. The summed E-state index contributed by atoms with van der Waals surface area (Å²) in [7, 11) is 0. The Morgan fingerprint density at radius 1 is 1.38 bits per heavy atom. The summed E-state index contributed by atoms with van der Waals surface area (Å²) in [5.74, 6) is -0.276. The van der Waals surface area contributed by atoms with E-state index in [9.17, 15) is 18.0 Å². The second-order valence-corrected chi connectivity index (χ2v) is 3.33. The number of hydrogen-bond donors (Lipinski definition) is 1. The van der Waals surface area contributed by atoms with Gasteiger partial charge in [-0.3, -0.25) is 4.79 Å². The van der Waals surface area contributed by atoms with Crippen molar-refractivity contribution in [2.45, 2.75) is 19.5 Å². The van der Waals surface area contributed by atoms with Crippen molar-refractivity contribution in [1.29, 1.82) is 0 Å². The highest BCUT2D eigenvalue weighted by atomic mass is 19.4. The second-order valence-electron chi connectivity index (χ2n) is 3.33. The predicted molar refractivity (Wildman–Crippen MR) is 53.8 cm³/mol. The van der Waals surface area contributed by atoms with E-state index in [1.165, 1.54) is 12.1 Å². The molecule has 1 amide bonds. The van der Waals surface area contributed by atoms with Gasteiger partial charge in [-0.05, 0) is 18.6 Å². The van der Waals surface area contributed by atoms with Crippen LogP contribution in [0.5, 0.6) is 0 Å². The number of rotatable bonds is 3. The summed E-state index contributed by atoms with van der Waals surface area (Å²) < 4.78 is 37.1. The zero-order chi connectivity index (χ0) is 12.2. The maximum Gasteiger partial charge on any atom is 0.416 e. The Morgan fingerprint density at radius 2 is 2.06 bits per heavy atom. The highest BCUT2D eigenvalue weighted by Gasteiger charge is 2.30. The van der Waals surface area contributed by atoms with Crippen LogP contribution in [0.3, 0.4) is 0 Å². The Bertz CT molecular complexity index is 374. The average Bonchev–Trinajstić information content (AvgIpc) is 2.17. The summed E-state index contributed by atoms with van der Waals surface area (Å²) in [6, 6.07) is 4.79. The number of carbonyl (C=O) groups is 1. The fraction of sp³-hybridized carbons (Fsp3) is 0.364. The van der Waals surface area contributed by atoms with Gasteiger partial charge in [-0.2, -0.15) is 13.2 Å². The number of alkyl halides is 3. The molecule has 1 N–H and O–H groups in total. The van der Waals surface area contributed by atoms with Gasteiger partial charge in [0.2, 0.25) is 5.91 Å². The molecule has 0 aliphatic heterocycles. The molecule has 0 spiro atoms. The van der Waals surface area contributed by atoms with Crippen molar-refractivity contribution in [3.05, 3.63) is 35.4 Å². The summed E-state index contributed by atoms with van der Waals surface area (Å²) in [6.45, 7) is 2.22. The number of likely N-dealkylation sites (N-methyl/N-ethyl adjacent to an activating group) is 1. The number of carbonyl (C=O) groups excluding carboxylic acids is 1. The van der Waals surface area contributed by atoms with Crippen LogP contribution in [0.2, 0.25) is 0 Å². The molecule has 1 rings (SSSR count). The Hall–Kier alpha value is -1.52. The van der Waals surface area contributed by atoms with E-state index in [0.717, 1.165) is 12.1 Å². The van der Waals surface area contributed by atoms with Crippen LogP contribution >= 0.6 is 0 Å². The SMILES string of the molecule is CCNC(=O)Cc1cccc(C(F)(F)F)c1. The highest BCUT2D eigenvalue weighted by Crippen LogP contribution is 2.29. The number of hydrogen-bond acceptors (Lipinski definition) is 1. The van der Waals surface area contributed by atoms with Gasteiger partial charge in [0.25, 0.3) is 0 Å². The first-order valence-corrected chi connectivity index (χ1v) is 4.86. The van der Waals surface area contributed by atoms with Crippen LogP contribution in [0.25, 0.3) is 0 Å². The summed E-state index contributed by atoms with van der Waals surface area (Å²) in [5, 5.41) is 2.53. The molecular formula is C11H12F3NO. The lowest BCUT2D eigenvalue weighted by Crippen LogP contribution is -2.24. The van der Waals surface area contributed by atoms with Crippen molar-refractivity contribution < 1.29 is 18.0 Å². The minimum atomic E-state index is -4.36. The minimum absolute atomic E-state index is 0.0300. The average molecular weight is 231 g/mol. The Balaban J connectivity index is 2.79. The van der Waals surface area contributed by atoms with Crippen molar-refractivity contribution in [2.75, 3.05) is 6.54 Å². The van der Waals surface area contributed by atoms with Gasteiger partial charge in [0.05, 0.1) is 12.0 Å². The third-order valence-electron chi connectivity index (χ3n) is 1.99. The first kappa shape index (κ1) is 12.5. The number of benzene rings is 1. The maximum absolute atomic E-state index is 12.4. The molecule has 0 aliphatic carbocycles. The van der Waals surface area contributed by atoms with Crippen LogP contribution < -0.4 is 5.32 Å². The molecule has 88 valence electrons. The van der Waals surface area contributed by atoms with E-state index in [1.54, 1.807) is 6.92 Å². The first-order valence-electron chi connectivity index (χ1n) is 4.86. The van der Waals surface area contributed by atoms with Gasteiger partial charge in [0.1, 0.15) is 0 Å². The lowest BCUT2D eigenvalue weighted by Gasteiger charge is -2.08. The monoisotopic (exact) mass is 231 g/mol. The summed E-state index contributed by atoms with van der Waals surface area (Å²) in [5.41, 5.74) is -0.366. The maximum atomic E-state index is 12.4. The summed E-state index contributed by atoms with van der Waals surface area (Å²) in [6.07, 6.45) is -4.39. The molecule has 0 atom stereocenters. The third-order valence-corrected chi connectivity index (χ3v) is 1.99. The number of nitrogens with one attached hydrogen (secondary N) is 1. The first-order chi connectivity index (χ1) is 7.43. The normalized spacial score (nSPS) is 11.2. The summed E-state index contributed by atoms with van der Waals surface area (Å²) in [4.78, 5) is 11.2. The van der Waals surface area contributed by atoms with E-state index in [-0.39, 0.29) is 12.3 Å². The largest absolute Gasteiger partial charge is 0.416 e. The van der Waals surface area contributed by atoms with Crippen molar-refractivity contribution >= 4 is 5.91 Å². The molecule has 0 fully saturated rings. The Labute approximate surface area is 91.5 Å². The zero-order valence-corrected chi connectivity index (χ0v) is 8.77. The Morgan fingerprint density at radius 3 is 2.62 bits per heavy atom. The van der Waals surface area contributed by atoms with Crippen LogP contribution in [0.15, 0.2) is 24.3 Å². The van der Waals surface area contributed by atoms with Crippen LogP contribution in [0, 0.1) is 0 Å². The van der Waals surface area contributed by atoms with E-state index in [1.807, 2.05) is 0 Å². The van der Waals surface area contributed by atoms with Crippen LogP contribution in [-0.4, -0.2) is 12.5 Å². The molecule has 0 radical (unpaired) electrons. The van der Waals surface area contributed by atoms with E-state index >= 15 is 0 Å². The molecule has 1 aromatic rings. The van der Waals surface area contributed by atoms with Crippen molar-refractivity contribution in [3.63, 3.8) is 0 Å². The molecule has 0 heterocycles. The van der Waals surface area contributed by atoms with Crippen molar-refractivity contribution in [1.82, 2.24) is 5.32 Å². The smallest absolute Gasteiger partial charge is 0.356 e. The van der Waals surface area contributed by atoms with Gasteiger partial charge in [0, 0.05) is 6.54 Å². The molecule has 5 heteroatoms. The molecule has 0 saturated heterocycles. The van der Waals surface area contributed by atoms with Crippen LogP contribution in [-0.2, 0) is 17.4 Å². The lowest BCUT2D eigenvalue weighted by molar-refractivity contribution is -0.137. The van der Waals surface area contributed by atoms with E-state index < -0.39 is 11.7 Å². The van der Waals surface area contributed by atoms with Gasteiger partial charge in [-0.15, -0.1) is 0 Å². The predicted octanol–water partition coefficient (Wildman–Crippen LogP) is 2.38. The van der Waals surface area contributed by atoms with Gasteiger partial charge in [-0.1, -0.05) is 18.2 Å². The number of halogens is 3. The van der Waals surface area contributed by atoms with Gasteiger partial charge < -0.3 is 5.32 Å². The van der Waals surface area contributed by atoms with E-state index in [4.69, 9.17) is 0 Å². The molecule has 0 unspecified atom stereocenters. The van der Waals surface area contributed by atoms with E-state index in [2.05, 4.69) is 5.32 Å². The van der Waals surface area contributed by atoms with E-state index in [0.29, 0.717) is 12.1 Å². The lowest BCUT2D eigenvalue weighted by atomic mass is 10.1. The molecule has 0 aromatic heterocycles. The number of amides is 1. The third kappa shape index (κ3) is 3.56. The summed E-state index contributed by atoms with van der Waals surface area (Å²) >= 11 is 0.